The largest absolute Gasteiger partial charge is 0.466 e. The van der Waals surface area contributed by atoms with Crippen LogP contribution in [0.3, 0.4) is 0 Å². The molecule has 0 atom stereocenters. The highest BCUT2D eigenvalue weighted by Crippen LogP contribution is 2.19. The maximum Gasteiger partial charge on any atom is 0.306 e. The molecule has 1 aromatic rings. The Balaban J connectivity index is 2.32. The molecule has 0 heterocycles. The fourth-order valence-electron chi connectivity index (χ4n) is 1.11. The first kappa shape index (κ1) is 12.6. The maximum absolute atomic E-state index is 11.1. The lowest BCUT2D eigenvalue weighted by molar-refractivity contribution is -0.142. The van der Waals surface area contributed by atoms with E-state index in [1.165, 1.54) is 0 Å². The standard InChI is InChI=1S/C12H13NO2S/c1-2-15-12(14)7-8-16-11-5-3-10(9-13)4-6-11/h3-6H,2,7-8H2,1H3. The third kappa shape index (κ3) is 4.37. The average molecular weight is 235 g/mol. The summed E-state index contributed by atoms with van der Waals surface area (Å²) in [5, 5.41) is 8.62. The van der Waals surface area contributed by atoms with Gasteiger partial charge in [-0.05, 0) is 31.2 Å². The number of hydrogen-bond donors (Lipinski definition) is 0. The molecule has 0 aromatic heterocycles. The summed E-state index contributed by atoms with van der Waals surface area (Å²) in [4.78, 5) is 12.1. The molecular weight excluding hydrogens is 222 g/mol. The zero-order valence-corrected chi connectivity index (χ0v) is 9.92. The Morgan fingerprint density at radius 1 is 1.44 bits per heavy atom. The van der Waals surface area contributed by atoms with E-state index in [1.54, 1.807) is 30.8 Å². The molecule has 0 aliphatic carbocycles. The van der Waals surface area contributed by atoms with E-state index in [1.807, 2.05) is 12.1 Å². The molecule has 0 saturated heterocycles. The van der Waals surface area contributed by atoms with Crippen molar-refractivity contribution in [3.63, 3.8) is 0 Å². The lowest BCUT2D eigenvalue weighted by Gasteiger charge is -2.02. The van der Waals surface area contributed by atoms with E-state index in [2.05, 4.69) is 6.07 Å². The van der Waals surface area contributed by atoms with Crippen molar-refractivity contribution in [3.8, 4) is 6.07 Å². The fraction of sp³-hybridized carbons (Fsp3) is 0.333. The quantitative estimate of drug-likeness (QED) is 0.581. The second kappa shape index (κ2) is 6.91. The van der Waals surface area contributed by atoms with Crippen LogP contribution in [0.4, 0.5) is 0 Å². The molecule has 3 nitrogen and oxygen atoms in total. The normalized spacial score (nSPS) is 9.50. The number of ether oxygens (including phenoxy) is 1. The molecule has 0 bridgehead atoms. The van der Waals surface area contributed by atoms with Gasteiger partial charge in [0.15, 0.2) is 0 Å². The second-order valence-corrected chi connectivity index (χ2v) is 4.21. The Labute approximate surface area is 99.4 Å². The van der Waals surface area contributed by atoms with Crippen LogP contribution in [0.25, 0.3) is 0 Å². The van der Waals surface area contributed by atoms with Gasteiger partial charge in [-0.15, -0.1) is 11.8 Å². The zero-order valence-electron chi connectivity index (χ0n) is 9.10. The topological polar surface area (TPSA) is 50.1 Å². The molecule has 0 unspecified atom stereocenters. The van der Waals surface area contributed by atoms with Gasteiger partial charge in [0.25, 0.3) is 0 Å². The molecule has 0 aliphatic rings. The van der Waals surface area contributed by atoms with Crippen molar-refractivity contribution in [2.24, 2.45) is 0 Å². The third-order valence-corrected chi connectivity index (χ3v) is 2.88. The summed E-state index contributed by atoms with van der Waals surface area (Å²) in [6.45, 7) is 2.23. The van der Waals surface area contributed by atoms with Crippen LogP contribution >= 0.6 is 11.8 Å². The van der Waals surface area contributed by atoms with E-state index in [-0.39, 0.29) is 5.97 Å². The highest BCUT2D eigenvalue weighted by atomic mass is 32.2. The fourth-order valence-corrected chi connectivity index (χ4v) is 1.94. The number of thioether (sulfide) groups is 1. The molecule has 0 radical (unpaired) electrons. The van der Waals surface area contributed by atoms with Crippen molar-refractivity contribution in [2.45, 2.75) is 18.2 Å². The predicted octanol–water partition coefficient (Wildman–Crippen LogP) is 2.60. The minimum absolute atomic E-state index is 0.163. The molecular formula is C12H13NO2S. The minimum atomic E-state index is -0.163. The first-order valence-electron chi connectivity index (χ1n) is 5.05. The Kier molecular flexibility index (Phi) is 5.44. The summed E-state index contributed by atoms with van der Waals surface area (Å²) in [7, 11) is 0. The Hall–Kier alpha value is -1.47. The minimum Gasteiger partial charge on any atom is -0.466 e. The summed E-state index contributed by atoms with van der Waals surface area (Å²) in [5.41, 5.74) is 0.648. The molecule has 84 valence electrons. The average Bonchev–Trinajstić information content (AvgIpc) is 2.30. The van der Waals surface area contributed by atoms with Gasteiger partial charge in [0.1, 0.15) is 0 Å². The van der Waals surface area contributed by atoms with E-state index in [4.69, 9.17) is 10.00 Å². The van der Waals surface area contributed by atoms with Crippen LogP contribution in [0.2, 0.25) is 0 Å². The van der Waals surface area contributed by atoms with Gasteiger partial charge in [-0.3, -0.25) is 4.79 Å². The summed E-state index contributed by atoms with van der Waals surface area (Å²) >= 11 is 1.58. The predicted molar refractivity (Wildman–Crippen MR) is 63.1 cm³/mol. The summed E-state index contributed by atoms with van der Waals surface area (Å²) < 4.78 is 4.82. The van der Waals surface area contributed by atoms with Crippen molar-refractivity contribution < 1.29 is 9.53 Å². The maximum atomic E-state index is 11.1. The van der Waals surface area contributed by atoms with Gasteiger partial charge in [-0.25, -0.2) is 0 Å². The van der Waals surface area contributed by atoms with Crippen LogP contribution < -0.4 is 0 Å². The molecule has 0 saturated carbocycles. The molecule has 0 fully saturated rings. The molecule has 1 rings (SSSR count). The van der Waals surface area contributed by atoms with E-state index >= 15 is 0 Å². The zero-order chi connectivity index (χ0) is 11.8. The number of nitriles is 1. The number of rotatable bonds is 5. The molecule has 1 aromatic carbocycles. The van der Waals surface area contributed by atoms with Gasteiger partial charge in [0.05, 0.1) is 24.7 Å². The molecule has 16 heavy (non-hydrogen) atoms. The molecule has 0 aliphatic heterocycles. The lowest BCUT2D eigenvalue weighted by Crippen LogP contribution is -2.04. The summed E-state index contributed by atoms with van der Waals surface area (Å²) in [5.74, 6) is 0.536. The molecule has 0 spiro atoms. The van der Waals surface area contributed by atoms with Gasteiger partial charge < -0.3 is 4.74 Å². The van der Waals surface area contributed by atoms with Crippen molar-refractivity contribution in [2.75, 3.05) is 12.4 Å². The van der Waals surface area contributed by atoms with Crippen LogP contribution in [0.5, 0.6) is 0 Å². The van der Waals surface area contributed by atoms with E-state index in [0.717, 1.165) is 4.90 Å². The number of carbonyl (C=O) groups excluding carboxylic acids is 1. The number of hydrogen-bond acceptors (Lipinski definition) is 4. The first-order chi connectivity index (χ1) is 7.76. The van der Waals surface area contributed by atoms with Crippen LogP contribution in [0.1, 0.15) is 18.9 Å². The van der Waals surface area contributed by atoms with Gasteiger partial charge >= 0.3 is 5.97 Å². The SMILES string of the molecule is CCOC(=O)CCSc1ccc(C#N)cc1. The monoisotopic (exact) mass is 235 g/mol. The third-order valence-electron chi connectivity index (χ3n) is 1.86. The van der Waals surface area contributed by atoms with Crippen LogP contribution in [-0.2, 0) is 9.53 Å². The highest BCUT2D eigenvalue weighted by molar-refractivity contribution is 7.99. The summed E-state index contributed by atoms with van der Waals surface area (Å²) in [6.07, 6.45) is 0.415. The van der Waals surface area contributed by atoms with Crippen LogP contribution in [0, 0.1) is 11.3 Å². The Morgan fingerprint density at radius 2 is 2.12 bits per heavy atom. The smallest absolute Gasteiger partial charge is 0.306 e. The number of esters is 1. The lowest BCUT2D eigenvalue weighted by atomic mass is 10.2. The van der Waals surface area contributed by atoms with Crippen LogP contribution in [0.15, 0.2) is 29.2 Å². The van der Waals surface area contributed by atoms with E-state index in [0.29, 0.717) is 24.3 Å². The number of benzene rings is 1. The van der Waals surface area contributed by atoms with Gasteiger partial charge in [-0.1, -0.05) is 0 Å². The van der Waals surface area contributed by atoms with Crippen molar-refractivity contribution in [1.82, 2.24) is 0 Å². The van der Waals surface area contributed by atoms with E-state index < -0.39 is 0 Å². The molecule has 0 amide bonds. The van der Waals surface area contributed by atoms with E-state index in [9.17, 15) is 4.79 Å². The van der Waals surface area contributed by atoms with Gasteiger partial charge in [0.2, 0.25) is 0 Å². The number of nitrogens with zero attached hydrogens (tertiary/aromatic N) is 1. The van der Waals surface area contributed by atoms with Gasteiger partial charge in [0, 0.05) is 10.6 Å². The van der Waals surface area contributed by atoms with Crippen molar-refractivity contribution in [1.29, 1.82) is 5.26 Å². The first-order valence-corrected chi connectivity index (χ1v) is 6.03. The van der Waals surface area contributed by atoms with Crippen LogP contribution in [-0.4, -0.2) is 18.3 Å². The Bertz CT molecular complexity index is 381. The second-order valence-electron chi connectivity index (χ2n) is 3.04. The highest BCUT2D eigenvalue weighted by Gasteiger charge is 2.02. The van der Waals surface area contributed by atoms with Gasteiger partial charge in [-0.2, -0.15) is 5.26 Å². The van der Waals surface area contributed by atoms with Crippen molar-refractivity contribution >= 4 is 17.7 Å². The van der Waals surface area contributed by atoms with Crippen molar-refractivity contribution in [3.05, 3.63) is 29.8 Å². The number of carbonyl (C=O) groups is 1. The Morgan fingerprint density at radius 3 is 2.69 bits per heavy atom. The molecule has 4 heteroatoms. The summed E-state index contributed by atoms with van der Waals surface area (Å²) in [6, 6.07) is 9.37. The molecule has 0 N–H and O–H groups in total.